The monoisotopic (exact) mass is 288 g/mol. The summed E-state index contributed by atoms with van der Waals surface area (Å²) in [5, 5.41) is 15.7. The van der Waals surface area contributed by atoms with Crippen LogP contribution in [-0.4, -0.2) is 38.8 Å². The third-order valence-corrected chi connectivity index (χ3v) is 2.92. The minimum absolute atomic E-state index is 0.0561. The fourth-order valence-electron chi connectivity index (χ4n) is 1.89. The highest BCUT2D eigenvalue weighted by Gasteiger charge is 2.14. The number of aromatic nitrogens is 2. The molecule has 0 aliphatic carbocycles. The van der Waals surface area contributed by atoms with Crippen LogP contribution in [0.2, 0.25) is 0 Å². The number of carboxylic acid groups (broad SMARTS) is 1. The van der Waals surface area contributed by atoms with E-state index in [0.717, 1.165) is 5.56 Å². The highest BCUT2D eigenvalue weighted by molar-refractivity contribution is 5.99. The van der Waals surface area contributed by atoms with Gasteiger partial charge < -0.3 is 15.3 Å². The molecule has 1 aromatic heterocycles. The van der Waals surface area contributed by atoms with Crippen molar-refractivity contribution in [3.63, 3.8) is 0 Å². The molecule has 0 aliphatic rings. The average Bonchev–Trinajstić information content (AvgIpc) is 2.84. The van der Waals surface area contributed by atoms with Crippen molar-refractivity contribution in [1.82, 2.24) is 14.7 Å². The summed E-state index contributed by atoms with van der Waals surface area (Å²) in [6.07, 6.45) is 3.49. The van der Waals surface area contributed by atoms with Gasteiger partial charge in [0.05, 0.1) is 24.0 Å². The third kappa shape index (κ3) is 3.59. The van der Waals surface area contributed by atoms with Crippen LogP contribution in [0.5, 0.6) is 0 Å². The molecule has 2 rings (SSSR count). The van der Waals surface area contributed by atoms with Crippen molar-refractivity contribution in [2.24, 2.45) is 7.05 Å². The zero-order valence-electron chi connectivity index (χ0n) is 11.8. The fraction of sp³-hybridized carbons (Fsp3) is 0.214. The highest BCUT2D eigenvalue weighted by Crippen LogP contribution is 2.15. The van der Waals surface area contributed by atoms with Gasteiger partial charge in [-0.25, -0.2) is 9.59 Å². The quantitative estimate of drug-likeness (QED) is 0.897. The summed E-state index contributed by atoms with van der Waals surface area (Å²) < 4.78 is 1.65. The molecule has 0 saturated carbocycles. The SMILES string of the molecule is CN(Cc1cnn(C)c1)C(=O)Nc1ccccc1C(=O)O. The lowest BCUT2D eigenvalue weighted by Gasteiger charge is -2.18. The fourth-order valence-corrected chi connectivity index (χ4v) is 1.89. The molecule has 2 N–H and O–H groups in total. The van der Waals surface area contributed by atoms with E-state index in [1.165, 1.54) is 11.0 Å². The number of hydrogen-bond acceptors (Lipinski definition) is 3. The maximum absolute atomic E-state index is 12.1. The highest BCUT2D eigenvalue weighted by atomic mass is 16.4. The normalized spacial score (nSPS) is 10.2. The molecule has 21 heavy (non-hydrogen) atoms. The number of aryl methyl sites for hydroxylation is 1. The number of rotatable bonds is 4. The van der Waals surface area contributed by atoms with Crippen LogP contribution in [0.3, 0.4) is 0 Å². The standard InChI is InChI=1S/C14H16N4O3/c1-17(8-10-7-15-18(2)9-10)14(21)16-12-6-4-3-5-11(12)13(19)20/h3-7,9H,8H2,1-2H3,(H,16,21)(H,19,20). The first-order valence-electron chi connectivity index (χ1n) is 6.29. The summed E-state index contributed by atoms with van der Waals surface area (Å²) in [6, 6.07) is 5.90. The number of carbonyl (C=O) groups excluding carboxylic acids is 1. The molecular weight excluding hydrogens is 272 g/mol. The molecule has 2 aromatic rings. The second kappa shape index (κ2) is 6.08. The lowest BCUT2D eigenvalue weighted by atomic mass is 10.2. The number of carbonyl (C=O) groups is 2. The summed E-state index contributed by atoms with van der Waals surface area (Å²) in [5.41, 5.74) is 1.22. The molecule has 0 saturated heterocycles. The van der Waals surface area contributed by atoms with Crippen LogP contribution in [0.1, 0.15) is 15.9 Å². The molecule has 0 bridgehead atoms. The first kappa shape index (κ1) is 14.6. The van der Waals surface area contributed by atoms with E-state index in [4.69, 9.17) is 5.11 Å². The summed E-state index contributed by atoms with van der Waals surface area (Å²) in [5.74, 6) is -1.08. The maximum Gasteiger partial charge on any atom is 0.337 e. The smallest absolute Gasteiger partial charge is 0.337 e. The Labute approximate surface area is 121 Å². The molecule has 110 valence electrons. The molecule has 0 fully saturated rings. The second-order valence-corrected chi connectivity index (χ2v) is 4.66. The summed E-state index contributed by atoms with van der Waals surface area (Å²) >= 11 is 0. The summed E-state index contributed by atoms with van der Waals surface area (Å²) in [6.45, 7) is 0.384. The maximum atomic E-state index is 12.1. The summed E-state index contributed by atoms with van der Waals surface area (Å²) in [4.78, 5) is 24.6. The van der Waals surface area contributed by atoms with Gasteiger partial charge >= 0.3 is 12.0 Å². The number of nitrogens with one attached hydrogen (secondary N) is 1. The first-order valence-corrected chi connectivity index (χ1v) is 6.29. The number of anilines is 1. The molecule has 0 atom stereocenters. The number of para-hydroxylation sites is 1. The minimum atomic E-state index is -1.08. The van der Waals surface area contributed by atoms with Gasteiger partial charge in [0.15, 0.2) is 0 Å². The van der Waals surface area contributed by atoms with E-state index in [0.29, 0.717) is 6.54 Å². The van der Waals surface area contributed by atoms with Gasteiger partial charge in [-0.05, 0) is 12.1 Å². The van der Waals surface area contributed by atoms with Gasteiger partial charge in [0.25, 0.3) is 0 Å². The number of urea groups is 1. The predicted octanol–water partition coefficient (Wildman–Crippen LogP) is 1.78. The molecule has 0 spiro atoms. The van der Waals surface area contributed by atoms with Crippen molar-refractivity contribution in [2.45, 2.75) is 6.54 Å². The zero-order chi connectivity index (χ0) is 15.4. The van der Waals surface area contributed by atoms with Crippen LogP contribution < -0.4 is 5.32 Å². The molecule has 2 amide bonds. The van der Waals surface area contributed by atoms with Crippen molar-refractivity contribution in [1.29, 1.82) is 0 Å². The second-order valence-electron chi connectivity index (χ2n) is 4.66. The Kier molecular flexibility index (Phi) is 4.22. The van der Waals surface area contributed by atoms with Crippen LogP contribution in [0.15, 0.2) is 36.7 Å². The number of benzene rings is 1. The zero-order valence-corrected chi connectivity index (χ0v) is 11.8. The molecular formula is C14H16N4O3. The van der Waals surface area contributed by atoms with Gasteiger partial charge in [-0.15, -0.1) is 0 Å². The van der Waals surface area contributed by atoms with Crippen molar-refractivity contribution >= 4 is 17.7 Å². The average molecular weight is 288 g/mol. The van der Waals surface area contributed by atoms with Crippen LogP contribution in [0.25, 0.3) is 0 Å². The van der Waals surface area contributed by atoms with Crippen molar-refractivity contribution < 1.29 is 14.7 Å². The van der Waals surface area contributed by atoms with Crippen LogP contribution in [0, 0.1) is 0 Å². The van der Waals surface area contributed by atoms with Crippen molar-refractivity contribution in [2.75, 3.05) is 12.4 Å². The molecule has 1 aromatic carbocycles. The molecule has 0 radical (unpaired) electrons. The Morgan fingerprint density at radius 1 is 1.38 bits per heavy atom. The Morgan fingerprint density at radius 3 is 2.71 bits per heavy atom. The lowest BCUT2D eigenvalue weighted by Crippen LogP contribution is -2.31. The minimum Gasteiger partial charge on any atom is -0.478 e. The van der Waals surface area contributed by atoms with Crippen LogP contribution in [0.4, 0.5) is 10.5 Å². The van der Waals surface area contributed by atoms with Gasteiger partial charge in [0.2, 0.25) is 0 Å². The molecule has 7 nitrogen and oxygen atoms in total. The summed E-state index contributed by atoms with van der Waals surface area (Å²) in [7, 11) is 3.43. The van der Waals surface area contributed by atoms with Crippen LogP contribution >= 0.6 is 0 Å². The molecule has 1 heterocycles. The van der Waals surface area contributed by atoms with E-state index >= 15 is 0 Å². The van der Waals surface area contributed by atoms with E-state index in [1.807, 2.05) is 6.20 Å². The van der Waals surface area contributed by atoms with Gasteiger partial charge in [0.1, 0.15) is 0 Å². The first-order chi connectivity index (χ1) is 9.97. The van der Waals surface area contributed by atoms with Crippen molar-refractivity contribution in [3.05, 3.63) is 47.8 Å². The van der Waals surface area contributed by atoms with E-state index in [2.05, 4.69) is 10.4 Å². The number of carboxylic acids is 1. The largest absolute Gasteiger partial charge is 0.478 e. The van der Waals surface area contributed by atoms with E-state index in [1.54, 1.807) is 43.2 Å². The number of aromatic carboxylic acids is 1. The number of nitrogens with zero attached hydrogens (tertiary/aromatic N) is 3. The molecule has 7 heteroatoms. The Bertz CT molecular complexity index is 666. The van der Waals surface area contributed by atoms with E-state index < -0.39 is 5.97 Å². The van der Waals surface area contributed by atoms with Crippen molar-refractivity contribution in [3.8, 4) is 0 Å². The van der Waals surface area contributed by atoms with Gasteiger partial charge in [0, 0.05) is 25.9 Å². The Hall–Kier alpha value is -2.83. The molecule has 0 unspecified atom stereocenters. The topological polar surface area (TPSA) is 87.5 Å². The predicted molar refractivity (Wildman–Crippen MR) is 77.1 cm³/mol. The van der Waals surface area contributed by atoms with Crippen LogP contribution in [-0.2, 0) is 13.6 Å². The Balaban J connectivity index is 2.05. The number of amides is 2. The van der Waals surface area contributed by atoms with Gasteiger partial charge in [-0.2, -0.15) is 5.10 Å². The van der Waals surface area contributed by atoms with E-state index in [-0.39, 0.29) is 17.3 Å². The number of hydrogen-bond donors (Lipinski definition) is 2. The Morgan fingerprint density at radius 2 is 2.10 bits per heavy atom. The molecule has 0 aliphatic heterocycles. The van der Waals surface area contributed by atoms with Gasteiger partial charge in [-0.3, -0.25) is 4.68 Å². The third-order valence-electron chi connectivity index (χ3n) is 2.92. The lowest BCUT2D eigenvalue weighted by molar-refractivity contribution is 0.0698. The van der Waals surface area contributed by atoms with E-state index in [9.17, 15) is 9.59 Å². The van der Waals surface area contributed by atoms with Gasteiger partial charge in [-0.1, -0.05) is 12.1 Å².